The average molecular weight is 286 g/mol. The molecule has 1 aromatic heterocycles. The monoisotopic (exact) mass is 285 g/mol. The van der Waals surface area contributed by atoms with Gasteiger partial charge in [0.25, 0.3) is 0 Å². The van der Waals surface area contributed by atoms with E-state index in [-0.39, 0.29) is 6.03 Å². The molecule has 3 aromatic rings. The number of anilines is 2. The summed E-state index contributed by atoms with van der Waals surface area (Å²) in [7, 11) is 0. The van der Waals surface area contributed by atoms with Crippen LogP contribution in [0.3, 0.4) is 0 Å². The van der Waals surface area contributed by atoms with Crippen molar-refractivity contribution < 1.29 is 4.79 Å². The summed E-state index contributed by atoms with van der Waals surface area (Å²) in [6, 6.07) is 14.4. The number of hydrogen-bond acceptors (Lipinski definition) is 1. The first-order chi connectivity index (χ1) is 9.72. The molecule has 0 aliphatic carbocycles. The van der Waals surface area contributed by atoms with Gasteiger partial charge in [-0.25, -0.2) is 4.79 Å². The van der Waals surface area contributed by atoms with Crippen LogP contribution in [0.2, 0.25) is 5.02 Å². The topological polar surface area (TPSA) is 56.9 Å². The molecule has 2 amide bonds. The number of urea groups is 1. The van der Waals surface area contributed by atoms with E-state index in [1.807, 2.05) is 42.6 Å². The zero-order valence-corrected chi connectivity index (χ0v) is 11.2. The highest BCUT2D eigenvalue weighted by Crippen LogP contribution is 2.21. The summed E-state index contributed by atoms with van der Waals surface area (Å²) >= 11 is 5.99. The first-order valence-corrected chi connectivity index (χ1v) is 6.50. The van der Waals surface area contributed by atoms with Crippen LogP contribution in [-0.2, 0) is 0 Å². The third-order valence-corrected chi connectivity index (χ3v) is 3.26. The van der Waals surface area contributed by atoms with Gasteiger partial charge in [0, 0.05) is 22.8 Å². The fraction of sp³-hybridized carbons (Fsp3) is 0. The Morgan fingerprint density at radius 3 is 2.75 bits per heavy atom. The molecule has 0 radical (unpaired) electrons. The predicted octanol–water partition coefficient (Wildman–Crippen LogP) is 4.47. The smallest absolute Gasteiger partial charge is 0.323 e. The van der Waals surface area contributed by atoms with Crippen LogP contribution in [0.5, 0.6) is 0 Å². The maximum Gasteiger partial charge on any atom is 0.323 e. The van der Waals surface area contributed by atoms with Crippen LogP contribution in [0.25, 0.3) is 10.9 Å². The number of benzene rings is 2. The third kappa shape index (κ3) is 2.60. The van der Waals surface area contributed by atoms with Gasteiger partial charge in [-0.05, 0) is 36.4 Å². The molecule has 0 fully saturated rings. The molecule has 0 unspecified atom stereocenters. The normalized spacial score (nSPS) is 10.4. The lowest BCUT2D eigenvalue weighted by Crippen LogP contribution is -2.19. The zero-order valence-electron chi connectivity index (χ0n) is 10.5. The Balaban J connectivity index is 1.74. The highest BCUT2D eigenvalue weighted by Gasteiger charge is 2.05. The summed E-state index contributed by atoms with van der Waals surface area (Å²) < 4.78 is 0. The van der Waals surface area contributed by atoms with Crippen LogP contribution >= 0.6 is 11.6 Å². The fourth-order valence-electron chi connectivity index (χ4n) is 1.98. The Bertz CT molecular complexity index is 766. The summed E-state index contributed by atoms with van der Waals surface area (Å²) in [5.41, 5.74) is 2.33. The van der Waals surface area contributed by atoms with Crippen molar-refractivity contribution in [3.63, 3.8) is 0 Å². The number of aromatic amines is 1. The number of hydrogen-bond donors (Lipinski definition) is 3. The van der Waals surface area contributed by atoms with E-state index in [0.29, 0.717) is 10.7 Å². The highest BCUT2D eigenvalue weighted by molar-refractivity contribution is 6.33. The number of fused-ring (bicyclic) bond motifs is 1. The van der Waals surface area contributed by atoms with Crippen molar-refractivity contribution in [3.8, 4) is 0 Å². The first-order valence-electron chi connectivity index (χ1n) is 6.12. The van der Waals surface area contributed by atoms with Gasteiger partial charge >= 0.3 is 6.03 Å². The number of carbonyl (C=O) groups excluding carboxylic acids is 1. The Morgan fingerprint density at radius 1 is 1.05 bits per heavy atom. The van der Waals surface area contributed by atoms with E-state index >= 15 is 0 Å². The lowest BCUT2D eigenvalue weighted by molar-refractivity contribution is 0.262. The molecule has 0 bridgehead atoms. The highest BCUT2D eigenvalue weighted by atomic mass is 35.5. The van der Waals surface area contributed by atoms with Crippen molar-refractivity contribution in [2.24, 2.45) is 0 Å². The second-order valence-corrected chi connectivity index (χ2v) is 4.75. The zero-order chi connectivity index (χ0) is 13.9. The molecule has 3 rings (SSSR count). The molecule has 2 aromatic carbocycles. The van der Waals surface area contributed by atoms with Gasteiger partial charge in [0.15, 0.2) is 0 Å². The molecule has 3 N–H and O–H groups in total. The van der Waals surface area contributed by atoms with Crippen molar-refractivity contribution in [1.82, 2.24) is 4.98 Å². The molecule has 0 aliphatic rings. The molecule has 0 aliphatic heterocycles. The molecule has 100 valence electrons. The van der Waals surface area contributed by atoms with Gasteiger partial charge in [0.1, 0.15) is 0 Å². The van der Waals surface area contributed by atoms with Crippen LogP contribution in [0, 0.1) is 0 Å². The van der Waals surface area contributed by atoms with Gasteiger partial charge in [0.05, 0.1) is 10.7 Å². The maximum atomic E-state index is 11.9. The van der Waals surface area contributed by atoms with E-state index in [2.05, 4.69) is 15.6 Å². The molecule has 20 heavy (non-hydrogen) atoms. The molecule has 1 heterocycles. The van der Waals surface area contributed by atoms with E-state index in [4.69, 9.17) is 11.6 Å². The van der Waals surface area contributed by atoms with Crippen LogP contribution in [0.1, 0.15) is 0 Å². The Kier molecular flexibility index (Phi) is 3.31. The minimum Gasteiger partial charge on any atom is -0.361 e. The van der Waals surface area contributed by atoms with E-state index in [9.17, 15) is 4.79 Å². The molecule has 0 spiro atoms. The van der Waals surface area contributed by atoms with E-state index in [1.165, 1.54) is 0 Å². The molecule has 0 atom stereocenters. The van der Waals surface area contributed by atoms with Crippen LogP contribution in [0.15, 0.2) is 54.7 Å². The number of para-hydroxylation sites is 1. The summed E-state index contributed by atoms with van der Waals surface area (Å²) in [5.74, 6) is 0. The minimum absolute atomic E-state index is 0.326. The van der Waals surface area contributed by atoms with Crippen LogP contribution < -0.4 is 10.6 Å². The lowest BCUT2D eigenvalue weighted by atomic mass is 10.2. The van der Waals surface area contributed by atoms with Crippen molar-refractivity contribution in [2.75, 3.05) is 10.6 Å². The number of halogens is 1. The summed E-state index contributed by atoms with van der Waals surface area (Å²) in [6.45, 7) is 0. The summed E-state index contributed by atoms with van der Waals surface area (Å²) in [4.78, 5) is 15.0. The lowest BCUT2D eigenvalue weighted by Gasteiger charge is -2.09. The van der Waals surface area contributed by atoms with Gasteiger partial charge in [-0.2, -0.15) is 0 Å². The van der Waals surface area contributed by atoms with Crippen molar-refractivity contribution >= 4 is 39.9 Å². The number of carbonyl (C=O) groups is 1. The van der Waals surface area contributed by atoms with Gasteiger partial charge < -0.3 is 15.6 Å². The van der Waals surface area contributed by atoms with E-state index in [0.717, 1.165) is 16.6 Å². The van der Waals surface area contributed by atoms with Gasteiger partial charge in [-0.15, -0.1) is 0 Å². The number of H-pyrrole nitrogens is 1. The number of amides is 2. The van der Waals surface area contributed by atoms with E-state index < -0.39 is 0 Å². The van der Waals surface area contributed by atoms with E-state index in [1.54, 1.807) is 12.1 Å². The molecular weight excluding hydrogens is 274 g/mol. The quantitative estimate of drug-likeness (QED) is 0.639. The fourth-order valence-corrected chi connectivity index (χ4v) is 2.16. The summed E-state index contributed by atoms with van der Waals surface area (Å²) in [5, 5.41) is 7.03. The Labute approximate surface area is 120 Å². The van der Waals surface area contributed by atoms with Crippen molar-refractivity contribution in [2.45, 2.75) is 0 Å². The largest absolute Gasteiger partial charge is 0.361 e. The number of nitrogens with one attached hydrogen (secondary N) is 3. The maximum absolute atomic E-state index is 11.9. The second-order valence-electron chi connectivity index (χ2n) is 4.34. The molecule has 4 nitrogen and oxygen atoms in total. The number of rotatable bonds is 2. The standard InChI is InChI=1S/C15H12ClN3O/c16-12-3-1-2-4-14(12)19-15(20)18-11-5-6-13-10(9-11)7-8-17-13/h1-9,17H,(H2,18,19,20). The van der Waals surface area contributed by atoms with Gasteiger partial charge in [0.2, 0.25) is 0 Å². The Hall–Kier alpha value is -2.46. The van der Waals surface area contributed by atoms with Crippen LogP contribution in [0.4, 0.5) is 16.2 Å². The average Bonchev–Trinajstić information content (AvgIpc) is 2.89. The SMILES string of the molecule is O=C(Nc1ccc2[nH]ccc2c1)Nc1ccccc1Cl. The molecule has 5 heteroatoms. The van der Waals surface area contributed by atoms with Crippen molar-refractivity contribution in [3.05, 3.63) is 59.8 Å². The van der Waals surface area contributed by atoms with Crippen molar-refractivity contribution in [1.29, 1.82) is 0 Å². The van der Waals surface area contributed by atoms with Crippen LogP contribution in [-0.4, -0.2) is 11.0 Å². The third-order valence-electron chi connectivity index (χ3n) is 2.93. The second kappa shape index (κ2) is 5.27. The van der Waals surface area contributed by atoms with Gasteiger partial charge in [-0.3, -0.25) is 0 Å². The first kappa shape index (κ1) is 12.6. The minimum atomic E-state index is -0.326. The molecular formula is C15H12ClN3O. The predicted molar refractivity (Wildman–Crippen MR) is 82.4 cm³/mol. The molecule has 0 saturated carbocycles. The Morgan fingerprint density at radius 2 is 1.90 bits per heavy atom. The van der Waals surface area contributed by atoms with Gasteiger partial charge in [-0.1, -0.05) is 23.7 Å². The summed E-state index contributed by atoms with van der Waals surface area (Å²) in [6.07, 6.45) is 1.86. The molecule has 0 saturated heterocycles. The number of aromatic nitrogens is 1.